The number of primary amides is 1. The molecule has 0 spiro atoms. The van der Waals surface area contributed by atoms with E-state index in [4.69, 9.17) is 11.0 Å². The van der Waals surface area contributed by atoms with E-state index < -0.39 is 5.91 Å². The van der Waals surface area contributed by atoms with Gasteiger partial charge in [-0.05, 0) is 13.8 Å². The van der Waals surface area contributed by atoms with Crippen LogP contribution in [0.15, 0.2) is 0 Å². The second-order valence-electron chi connectivity index (χ2n) is 2.29. The second-order valence-corrected chi connectivity index (χ2v) is 2.29. The fourth-order valence-corrected chi connectivity index (χ4v) is 0.501. The van der Waals surface area contributed by atoms with Crippen LogP contribution in [-0.4, -0.2) is 23.4 Å². The Hall–Kier alpha value is -1.24. The SMILES string of the molecule is CC(C)N(C#N)CC(N)=O. The molecule has 0 aliphatic carbocycles. The molecule has 4 heteroatoms. The Morgan fingerprint density at radius 3 is 2.40 bits per heavy atom. The third-order valence-corrected chi connectivity index (χ3v) is 1.08. The molecule has 0 unspecified atom stereocenters. The third kappa shape index (κ3) is 2.92. The average molecular weight is 141 g/mol. The zero-order valence-electron chi connectivity index (χ0n) is 6.16. The summed E-state index contributed by atoms with van der Waals surface area (Å²) < 4.78 is 0. The van der Waals surface area contributed by atoms with Gasteiger partial charge in [-0.3, -0.25) is 9.69 Å². The lowest BCUT2D eigenvalue weighted by Gasteiger charge is -2.16. The van der Waals surface area contributed by atoms with Gasteiger partial charge < -0.3 is 5.73 Å². The van der Waals surface area contributed by atoms with Crippen LogP contribution in [0.1, 0.15) is 13.8 Å². The molecule has 0 aromatic carbocycles. The number of carbonyl (C=O) groups excluding carboxylic acids is 1. The molecule has 0 rings (SSSR count). The molecule has 10 heavy (non-hydrogen) atoms. The van der Waals surface area contributed by atoms with Crippen molar-refractivity contribution >= 4 is 5.91 Å². The van der Waals surface area contributed by atoms with Gasteiger partial charge in [0.05, 0.1) is 0 Å². The highest BCUT2D eigenvalue weighted by molar-refractivity contribution is 5.76. The third-order valence-electron chi connectivity index (χ3n) is 1.08. The number of nitriles is 1. The number of carbonyl (C=O) groups is 1. The fourth-order valence-electron chi connectivity index (χ4n) is 0.501. The van der Waals surface area contributed by atoms with Crippen molar-refractivity contribution in [1.29, 1.82) is 5.26 Å². The van der Waals surface area contributed by atoms with Crippen molar-refractivity contribution in [3.05, 3.63) is 0 Å². The number of amides is 1. The molecule has 0 saturated heterocycles. The molecular weight excluding hydrogens is 130 g/mol. The van der Waals surface area contributed by atoms with Crippen LogP contribution in [0.2, 0.25) is 0 Å². The normalized spacial score (nSPS) is 9.00. The van der Waals surface area contributed by atoms with Gasteiger partial charge in [-0.15, -0.1) is 0 Å². The van der Waals surface area contributed by atoms with Crippen LogP contribution < -0.4 is 5.73 Å². The van der Waals surface area contributed by atoms with Crippen molar-refractivity contribution in [1.82, 2.24) is 4.90 Å². The highest BCUT2D eigenvalue weighted by Crippen LogP contribution is 1.92. The van der Waals surface area contributed by atoms with E-state index in [9.17, 15) is 4.79 Å². The highest BCUT2D eigenvalue weighted by Gasteiger charge is 2.08. The van der Waals surface area contributed by atoms with Crippen LogP contribution in [0.3, 0.4) is 0 Å². The van der Waals surface area contributed by atoms with Crippen molar-refractivity contribution in [3.63, 3.8) is 0 Å². The highest BCUT2D eigenvalue weighted by atomic mass is 16.1. The maximum atomic E-state index is 10.3. The minimum absolute atomic E-state index is 0.00810. The predicted molar refractivity (Wildman–Crippen MR) is 36.6 cm³/mol. The van der Waals surface area contributed by atoms with Gasteiger partial charge >= 0.3 is 0 Å². The molecular formula is C6H11N3O. The van der Waals surface area contributed by atoms with Gasteiger partial charge in [0.1, 0.15) is 6.54 Å². The van der Waals surface area contributed by atoms with Crippen LogP contribution in [0.4, 0.5) is 0 Å². The molecule has 0 bridgehead atoms. The van der Waals surface area contributed by atoms with Crippen molar-refractivity contribution in [2.75, 3.05) is 6.54 Å². The molecule has 0 saturated carbocycles. The summed E-state index contributed by atoms with van der Waals surface area (Å²) >= 11 is 0. The van der Waals surface area contributed by atoms with E-state index in [0.29, 0.717) is 0 Å². The molecule has 0 atom stereocenters. The number of hydrogen-bond donors (Lipinski definition) is 1. The fraction of sp³-hybridized carbons (Fsp3) is 0.667. The van der Waals surface area contributed by atoms with Crippen molar-refractivity contribution in [2.45, 2.75) is 19.9 Å². The molecule has 4 nitrogen and oxygen atoms in total. The van der Waals surface area contributed by atoms with Crippen LogP contribution in [0, 0.1) is 11.5 Å². The molecule has 0 aliphatic heterocycles. The Balaban J connectivity index is 3.87. The summed E-state index contributed by atoms with van der Waals surface area (Å²) in [6.45, 7) is 3.66. The van der Waals surface area contributed by atoms with Crippen molar-refractivity contribution in [2.24, 2.45) is 5.73 Å². The number of nitrogens with two attached hydrogens (primary N) is 1. The van der Waals surface area contributed by atoms with Gasteiger partial charge in [-0.1, -0.05) is 0 Å². The molecule has 0 aromatic heterocycles. The zero-order chi connectivity index (χ0) is 8.15. The molecule has 1 amide bonds. The van der Waals surface area contributed by atoms with Gasteiger partial charge in [0.2, 0.25) is 5.91 Å². The Bertz CT molecular complexity index is 159. The topological polar surface area (TPSA) is 70.1 Å². The van der Waals surface area contributed by atoms with Crippen LogP contribution in [-0.2, 0) is 4.79 Å². The lowest BCUT2D eigenvalue weighted by Crippen LogP contribution is -2.34. The lowest BCUT2D eigenvalue weighted by molar-refractivity contribution is -0.118. The minimum atomic E-state index is -0.477. The van der Waals surface area contributed by atoms with E-state index in [-0.39, 0.29) is 12.6 Å². The monoisotopic (exact) mass is 141 g/mol. The van der Waals surface area contributed by atoms with Crippen LogP contribution in [0.5, 0.6) is 0 Å². The summed E-state index contributed by atoms with van der Waals surface area (Å²) in [6, 6.07) is 0.0394. The summed E-state index contributed by atoms with van der Waals surface area (Å²) in [6.07, 6.45) is 1.87. The molecule has 0 fully saturated rings. The van der Waals surface area contributed by atoms with Gasteiger partial charge in [0.25, 0.3) is 0 Å². The Kier molecular flexibility index (Phi) is 3.26. The zero-order valence-corrected chi connectivity index (χ0v) is 6.16. The smallest absolute Gasteiger partial charge is 0.237 e. The molecule has 0 radical (unpaired) electrons. The average Bonchev–Trinajstić information content (AvgIpc) is 1.81. The quantitative estimate of drug-likeness (QED) is 0.432. The summed E-state index contributed by atoms with van der Waals surface area (Å²) in [4.78, 5) is 11.6. The van der Waals surface area contributed by atoms with Gasteiger partial charge in [0.15, 0.2) is 6.19 Å². The van der Waals surface area contributed by atoms with Crippen molar-refractivity contribution < 1.29 is 4.79 Å². The van der Waals surface area contributed by atoms with Gasteiger partial charge in [0, 0.05) is 6.04 Å². The molecule has 0 aromatic rings. The summed E-state index contributed by atoms with van der Waals surface area (Å²) in [5, 5.41) is 8.41. The summed E-state index contributed by atoms with van der Waals surface area (Å²) in [5.74, 6) is -0.477. The van der Waals surface area contributed by atoms with Crippen LogP contribution in [0.25, 0.3) is 0 Å². The van der Waals surface area contributed by atoms with Gasteiger partial charge in [-0.25, -0.2) is 0 Å². The van der Waals surface area contributed by atoms with E-state index in [1.54, 1.807) is 0 Å². The van der Waals surface area contributed by atoms with E-state index in [0.717, 1.165) is 0 Å². The van der Waals surface area contributed by atoms with Crippen molar-refractivity contribution in [3.8, 4) is 6.19 Å². The number of hydrogen-bond acceptors (Lipinski definition) is 3. The molecule has 0 heterocycles. The minimum Gasteiger partial charge on any atom is -0.368 e. The summed E-state index contributed by atoms with van der Waals surface area (Å²) in [7, 11) is 0. The maximum absolute atomic E-state index is 10.3. The molecule has 2 N–H and O–H groups in total. The van der Waals surface area contributed by atoms with E-state index in [2.05, 4.69) is 0 Å². The summed E-state index contributed by atoms with van der Waals surface area (Å²) in [5.41, 5.74) is 4.88. The lowest BCUT2D eigenvalue weighted by atomic mass is 10.3. The van der Waals surface area contributed by atoms with E-state index in [1.165, 1.54) is 4.90 Å². The Morgan fingerprint density at radius 2 is 2.30 bits per heavy atom. The van der Waals surface area contributed by atoms with Gasteiger partial charge in [-0.2, -0.15) is 5.26 Å². The van der Waals surface area contributed by atoms with E-state index in [1.807, 2.05) is 20.0 Å². The predicted octanol–water partition coefficient (Wildman–Crippen LogP) is -0.337. The maximum Gasteiger partial charge on any atom is 0.237 e. The first-order valence-electron chi connectivity index (χ1n) is 3.02. The molecule has 56 valence electrons. The van der Waals surface area contributed by atoms with E-state index >= 15 is 0 Å². The van der Waals surface area contributed by atoms with Crippen LogP contribution >= 0.6 is 0 Å². The number of nitrogens with zero attached hydrogens (tertiary/aromatic N) is 2. The first kappa shape index (κ1) is 8.76. The molecule has 0 aliphatic rings. The largest absolute Gasteiger partial charge is 0.368 e. The second kappa shape index (κ2) is 3.72. The number of rotatable bonds is 3. The first-order chi connectivity index (χ1) is 4.57. The Labute approximate surface area is 60.2 Å². The first-order valence-corrected chi connectivity index (χ1v) is 3.02. The Morgan fingerprint density at radius 1 is 1.80 bits per heavy atom. The standard InChI is InChI=1S/C6H11N3O/c1-5(2)9(4-7)3-6(8)10/h5H,3H2,1-2H3,(H2,8,10).